The highest BCUT2D eigenvalue weighted by Gasteiger charge is 2.19. The molecule has 1 fully saturated rings. The number of aromatic nitrogens is 3. The number of morpholine rings is 1. The van der Waals surface area contributed by atoms with Crippen LogP contribution in [0.3, 0.4) is 0 Å². The molecule has 3 heterocycles. The summed E-state index contributed by atoms with van der Waals surface area (Å²) in [6, 6.07) is 5.53. The van der Waals surface area contributed by atoms with Crippen molar-refractivity contribution < 1.29 is 9.13 Å². The molecular formula is C21H28FN5O. The number of rotatable bonds is 3. The van der Waals surface area contributed by atoms with E-state index in [0.717, 1.165) is 46.9 Å². The number of fused-ring (bicyclic) bond motifs is 1. The second-order valence-electron chi connectivity index (χ2n) is 6.54. The van der Waals surface area contributed by atoms with E-state index in [1.165, 1.54) is 0 Å². The number of anilines is 2. The van der Waals surface area contributed by atoms with Gasteiger partial charge in [0.25, 0.3) is 0 Å². The van der Waals surface area contributed by atoms with Gasteiger partial charge in [0.2, 0.25) is 0 Å². The molecule has 1 aliphatic heterocycles. The van der Waals surface area contributed by atoms with E-state index in [9.17, 15) is 4.39 Å². The van der Waals surface area contributed by atoms with Crippen molar-refractivity contribution in [1.29, 1.82) is 0 Å². The summed E-state index contributed by atoms with van der Waals surface area (Å²) in [5.74, 6) is 0.475. The third kappa shape index (κ3) is 3.80. The summed E-state index contributed by atoms with van der Waals surface area (Å²) in [5, 5.41) is 7.42. The van der Waals surface area contributed by atoms with Crippen LogP contribution in [0.25, 0.3) is 16.8 Å². The Morgan fingerprint density at radius 1 is 1.11 bits per heavy atom. The molecule has 1 saturated heterocycles. The van der Waals surface area contributed by atoms with Gasteiger partial charge in [0.05, 0.1) is 24.6 Å². The third-order valence-corrected chi connectivity index (χ3v) is 4.77. The zero-order valence-electron chi connectivity index (χ0n) is 17.2. The van der Waals surface area contributed by atoms with Crippen molar-refractivity contribution in [1.82, 2.24) is 14.6 Å². The van der Waals surface area contributed by atoms with Crippen LogP contribution >= 0.6 is 0 Å². The average Bonchev–Trinajstić information content (AvgIpc) is 3.09. The lowest BCUT2D eigenvalue weighted by Gasteiger charge is -2.29. The Balaban J connectivity index is 0.00000109. The van der Waals surface area contributed by atoms with E-state index in [1.54, 1.807) is 13.1 Å². The first-order chi connectivity index (χ1) is 13.6. The number of benzene rings is 1. The number of pyridine rings is 1. The van der Waals surface area contributed by atoms with Crippen LogP contribution in [0, 0.1) is 19.7 Å². The standard InChI is InChI=1S/C19H22FN5O.C2H6/c1-12-8-16(20)17(21-3)10-15(12)14-9-18(24-4-6-26-7-5-24)19-22-13(2)23-25(19)11-14;1-2/h8-11,21H,4-7H2,1-3H3;1-2H3. The number of hydrogen-bond donors (Lipinski definition) is 1. The molecule has 0 aliphatic carbocycles. The molecule has 0 amide bonds. The zero-order chi connectivity index (χ0) is 20.3. The molecule has 0 spiro atoms. The average molecular weight is 385 g/mol. The lowest BCUT2D eigenvalue weighted by atomic mass is 10.0. The quantitative estimate of drug-likeness (QED) is 0.737. The van der Waals surface area contributed by atoms with E-state index in [2.05, 4.69) is 26.4 Å². The number of nitrogens with one attached hydrogen (secondary N) is 1. The highest BCUT2D eigenvalue weighted by molar-refractivity contribution is 5.79. The molecule has 0 radical (unpaired) electrons. The van der Waals surface area contributed by atoms with Crippen molar-refractivity contribution in [2.24, 2.45) is 0 Å². The molecule has 7 heteroatoms. The van der Waals surface area contributed by atoms with Crippen LogP contribution in [0.1, 0.15) is 25.2 Å². The molecule has 150 valence electrons. The Kier molecular flexibility index (Phi) is 6.14. The summed E-state index contributed by atoms with van der Waals surface area (Å²) in [4.78, 5) is 6.86. The van der Waals surface area contributed by atoms with E-state index in [0.29, 0.717) is 18.9 Å². The molecule has 4 rings (SSSR count). The fourth-order valence-electron chi connectivity index (χ4n) is 3.44. The normalized spacial score (nSPS) is 14.0. The van der Waals surface area contributed by atoms with Crippen molar-refractivity contribution in [2.75, 3.05) is 43.6 Å². The molecule has 2 aromatic heterocycles. The summed E-state index contributed by atoms with van der Waals surface area (Å²) in [6.07, 6.45) is 1.96. The van der Waals surface area contributed by atoms with Gasteiger partial charge < -0.3 is 15.0 Å². The molecule has 28 heavy (non-hydrogen) atoms. The molecule has 6 nitrogen and oxygen atoms in total. The minimum atomic E-state index is -0.250. The molecule has 0 unspecified atom stereocenters. The minimum Gasteiger partial charge on any atom is -0.386 e. The molecule has 1 aromatic carbocycles. The largest absolute Gasteiger partial charge is 0.386 e. The van der Waals surface area contributed by atoms with Gasteiger partial charge in [-0.3, -0.25) is 0 Å². The SMILES string of the molecule is CC.CNc1cc(-c2cc(N3CCOCC3)c3nc(C)nn3c2)c(C)cc1F. The molecule has 0 bridgehead atoms. The molecule has 1 N–H and O–H groups in total. The van der Waals surface area contributed by atoms with Crippen LogP contribution in [-0.2, 0) is 4.74 Å². The van der Waals surface area contributed by atoms with Crippen LogP contribution in [0.15, 0.2) is 24.4 Å². The van der Waals surface area contributed by atoms with Crippen molar-refractivity contribution in [2.45, 2.75) is 27.7 Å². The van der Waals surface area contributed by atoms with Gasteiger partial charge in [-0.2, -0.15) is 5.10 Å². The zero-order valence-corrected chi connectivity index (χ0v) is 17.2. The van der Waals surface area contributed by atoms with Crippen LogP contribution in [0.4, 0.5) is 15.8 Å². The lowest BCUT2D eigenvalue weighted by molar-refractivity contribution is 0.123. The third-order valence-electron chi connectivity index (χ3n) is 4.77. The topological polar surface area (TPSA) is 54.7 Å². The Labute approximate surface area is 165 Å². The maximum Gasteiger partial charge on any atom is 0.178 e. The highest BCUT2D eigenvalue weighted by Crippen LogP contribution is 2.33. The Morgan fingerprint density at radius 3 is 2.50 bits per heavy atom. The van der Waals surface area contributed by atoms with Crippen molar-refractivity contribution in [3.63, 3.8) is 0 Å². The fourth-order valence-corrected chi connectivity index (χ4v) is 3.44. The van der Waals surface area contributed by atoms with Gasteiger partial charge in [0, 0.05) is 31.9 Å². The second kappa shape index (κ2) is 8.56. The number of halogens is 1. The Hall–Kier alpha value is -2.67. The molecule has 1 aliphatic rings. The molecule has 3 aromatic rings. The van der Waals surface area contributed by atoms with Crippen molar-refractivity contribution in [3.05, 3.63) is 41.6 Å². The van der Waals surface area contributed by atoms with Crippen molar-refractivity contribution in [3.8, 4) is 11.1 Å². The van der Waals surface area contributed by atoms with E-state index in [4.69, 9.17) is 4.74 Å². The molecule has 0 saturated carbocycles. The van der Waals surface area contributed by atoms with Gasteiger partial charge in [0.1, 0.15) is 11.6 Å². The van der Waals surface area contributed by atoms with E-state index in [1.807, 2.05) is 44.5 Å². The van der Waals surface area contributed by atoms with Gasteiger partial charge in [-0.05, 0) is 43.2 Å². The second-order valence-corrected chi connectivity index (χ2v) is 6.54. The van der Waals surface area contributed by atoms with Gasteiger partial charge in [0.15, 0.2) is 5.65 Å². The summed E-state index contributed by atoms with van der Waals surface area (Å²) in [6.45, 7) is 10.8. The van der Waals surface area contributed by atoms with E-state index in [-0.39, 0.29) is 5.82 Å². The maximum atomic E-state index is 14.1. The minimum absolute atomic E-state index is 0.250. The van der Waals surface area contributed by atoms with E-state index >= 15 is 0 Å². The first-order valence-corrected chi connectivity index (χ1v) is 9.75. The van der Waals surface area contributed by atoms with E-state index < -0.39 is 0 Å². The smallest absolute Gasteiger partial charge is 0.178 e. The van der Waals surface area contributed by atoms with Gasteiger partial charge in [-0.1, -0.05) is 13.8 Å². The van der Waals surface area contributed by atoms with Crippen LogP contribution in [0.2, 0.25) is 0 Å². The summed E-state index contributed by atoms with van der Waals surface area (Å²) in [7, 11) is 1.72. The summed E-state index contributed by atoms with van der Waals surface area (Å²) in [5.41, 5.74) is 5.18. The Bertz CT molecular complexity index is 963. The number of aryl methyl sites for hydroxylation is 2. The van der Waals surface area contributed by atoms with Gasteiger partial charge in [-0.25, -0.2) is 13.9 Å². The molecular weight excluding hydrogens is 357 g/mol. The first kappa shape index (κ1) is 20.1. The van der Waals surface area contributed by atoms with Gasteiger partial charge >= 0.3 is 0 Å². The van der Waals surface area contributed by atoms with Gasteiger partial charge in [-0.15, -0.1) is 0 Å². The maximum absolute atomic E-state index is 14.1. The predicted molar refractivity (Wildman–Crippen MR) is 112 cm³/mol. The Morgan fingerprint density at radius 2 is 1.82 bits per heavy atom. The molecule has 0 atom stereocenters. The fraction of sp³-hybridized carbons (Fsp3) is 0.429. The van der Waals surface area contributed by atoms with Crippen LogP contribution in [-0.4, -0.2) is 47.9 Å². The first-order valence-electron chi connectivity index (χ1n) is 9.75. The predicted octanol–water partition coefficient (Wildman–Crippen LogP) is 4.06. The summed E-state index contributed by atoms with van der Waals surface area (Å²) >= 11 is 0. The van der Waals surface area contributed by atoms with Crippen LogP contribution < -0.4 is 10.2 Å². The highest BCUT2D eigenvalue weighted by atomic mass is 19.1. The van der Waals surface area contributed by atoms with Crippen LogP contribution in [0.5, 0.6) is 0 Å². The lowest BCUT2D eigenvalue weighted by Crippen LogP contribution is -2.36. The number of hydrogen-bond acceptors (Lipinski definition) is 5. The number of ether oxygens (including phenoxy) is 1. The number of nitrogens with zero attached hydrogens (tertiary/aromatic N) is 4. The summed E-state index contributed by atoms with van der Waals surface area (Å²) < 4.78 is 21.4. The monoisotopic (exact) mass is 385 g/mol. The van der Waals surface area contributed by atoms with Crippen molar-refractivity contribution >= 4 is 17.0 Å².